The number of carboxylic acid groups (broad SMARTS) is 1. The largest absolute Gasteiger partial charge is 0.480 e. The van der Waals surface area contributed by atoms with Crippen molar-refractivity contribution in [2.45, 2.75) is 20.3 Å². The molecule has 0 aromatic heterocycles. The van der Waals surface area contributed by atoms with Gasteiger partial charge >= 0.3 is 12.0 Å². The van der Waals surface area contributed by atoms with Gasteiger partial charge < -0.3 is 15.3 Å². The number of nitriles is 1. The average Bonchev–Trinajstić information content (AvgIpc) is 2.38. The second-order valence-corrected chi connectivity index (χ2v) is 4.35. The lowest BCUT2D eigenvalue weighted by Crippen LogP contribution is -2.39. The molecule has 6 heteroatoms. The van der Waals surface area contributed by atoms with E-state index in [2.05, 4.69) is 5.32 Å². The molecule has 106 valence electrons. The number of aliphatic carboxylic acids is 1. The van der Waals surface area contributed by atoms with Crippen LogP contribution in [0.2, 0.25) is 0 Å². The minimum absolute atomic E-state index is 0.339. The number of aryl methyl sites for hydroxylation is 1. The van der Waals surface area contributed by atoms with Crippen molar-refractivity contribution in [2.24, 2.45) is 0 Å². The Bertz CT molecular complexity index is 549. The van der Waals surface area contributed by atoms with E-state index in [1.807, 2.05) is 13.0 Å². The average molecular weight is 275 g/mol. The van der Waals surface area contributed by atoms with Gasteiger partial charge in [0.25, 0.3) is 0 Å². The van der Waals surface area contributed by atoms with Crippen LogP contribution in [0.4, 0.5) is 10.5 Å². The van der Waals surface area contributed by atoms with E-state index >= 15 is 0 Å². The number of anilines is 1. The van der Waals surface area contributed by atoms with E-state index in [1.54, 1.807) is 25.1 Å². The predicted octanol–water partition coefficient (Wildman–Crippen LogP) is 2.20. The number of nitrogens with one attached hydrogen (secondary N) is 1. The van der Waals surface area contributed by atoms with E-state index in [4.69, 9.17) is 10.4 Å². The Kier molecular flexibility index (Phi) is 5.54. The van der Waals surface area contributed by atoms with Crippen molar-refractivity contribution in [3.05, 3.63) is 29.3 Å². The summed E-state index contributed by atoms with van der Waals surface area (Å²) in [6, 6.07) is 6.64. The molecule has 0 aliphatic rings. The van der Waals surface area contributed by atoms with Gasteiger partial charge in [0.15, 0.2) is 0 Å². The van der Waals surface area contributed by atoms with Crippen LogP contribution in [-0.2, 0) is 4.79 Å². The van der Waals surface area contributed by atoms with Gasteiger partial charge in [-0.2, -0.15) is 5.26 Å². The summed E-state index contributed by atoms with van der Waals surface area (Å²) in [5.74, 6) is -1.07. The Labute approximate surface area is 117 Å². The fraction of sp³-hybridized carbons (Fsp3) is 0.357. The molecule has 2 N–H and O–H groups in total. The zero-order valence-corrected chi connectivity index (χ0v) is 11.5. The van der Waals surface area contributed by atoms with Crippen LogP contribution in [0.3, 0.4) is 0 Å². The van der Waals surface area contributed by atoms with Crippen molar-refractivity contribution < 1.29 is 14.7 Å². The minimum Gasteiger partial charge on any atom is -0.480 e. The van der Waals surface area contributed by atoms with Gasteiger partial charge in [0, 0.05) is 6.54 Å². The summed E-state index contributed by atoms with van der Waals surface area (Å²) in [5, 5.41) is 20.5. The van der Waals surface area contributed by atoms with Gasteiger partial charge in [-0.05, 0) is 25.0 Å². The molecule has 0 spiro atoms. The lowest BCUT2D eigenvalue weighted by atomic mass is 10.1. The number of nitrogens with zero attached hydrogens (tertiary/aromatic N) is 2. The van der Waals surface area contributed by atoms with Crippen LogP contribution in [0.25, 0.3) is 0 Å². The monoisotopic (exact) mass is 275 g/mol. The number of hydrogen-bond donors (Lipinski definition) is 2. The van der Waals surface area contributed by atoms with Crippen LogP contribution in [0.5, 0.6) is 0 Å². The Hall–Kier alpha value is -2.55. The van der Waals surface area contributed by atoms with Crippen molar-refractivity contribution in [3.8, 4) is 6.07 Å². The molecule has 0 aliphatic heterocycles. The topological polar surface area (TPSA) is 93.4 Å². The maximum Gasteiger partial charge on any atom is 0.323 e. The van der Waals surface area contributed by atoms with Gasteiger partial charge in [-0.1, -0.05) is 19.1 Å². The fourth-order valence-corrected chi connectivity index (χ4v) is 1.80. The fourth-order valence-electron chi connectivity index (χ4n) is 1.80. The highest BCUT2D eigenvalue weighted by atomic mass is 16.4. The Morgan fingerprint density at radius 3 is 2.70 bits per heavy atom. The van der Waals surface area contributed by atoms with Crippen molar-refractivity contribution in [1.82, 2.24) is 4.90 Å². The van der Waals surface area contributed by atoms with E-state index in [0.717, 1.165) is 5.56 Å². The molecule has 1 aromatic rings. The van der Waals surface area contributed by atoms with Crippen LogP contribution in [-0.4, -0.2) is 35.1 Å². The zero-order valence-electron chi connectivity index (χ0n) is 11.5. The SMILES string of the molecule is CCCN(CC(=O)O)C(=O)Nc1cccc(C)c1C#N. The second kappa shape index (κ2) is 7.14. The number of carbonyl (C=O) groups is 2. The zero-order chi connectivity index (χ0) is 15.1. The molecule has 20 heavy (non-hydrogen) atoms. The van der Waals surface area contributed by atoms with Crippen molar-refractivity contribution in [3.63, 3.8) is 0 Å². The highest BCUT2D eigenvalue weighted by Crippen LogP contribution is 2.18. The first kappa shape index (κ1) is 15.5. The van der Waals surface area contributed by atoms with Gasteiger partial charge in [-0.25, -0.2) is 4.79 Å². The molecule has 2 amide bonds. The highest BCUT2D eigenvalue weighted by molar-refractivity contribution is 5.92. The molecular weight excluding hydrogens is 258 g/mol. The first-order valence-corrected chi connectivity index (χ1v) is 6.27. The van der Waals surface area contributed by atoms with E-state index < -0.39 is 12.0 Å². The van der Waals surface area contributed by atoms with Gasteiger partial charge in [-0.3, -0.25) is 4.79 Å². The molecule has 0 heterocycles. The summed E-state index contributed by atoms with van der Waals surface area (Å²) in [5.41, 5.74) is 1.53. The Balaban J connectivity index is 2.91. The number of hydrogen-bond acceptors (Lipinski definition) is 3. The van der Waals surface area contributed by atoms with Crippen molar-refractivity contribution in [2.75, 3.05) is 18.4 Å². The molecule has 0 unspecified atom stereocenters. The third-order valence-corrected chi connectivity index (χ3v) is 2.73. The summed E-state index contributed by atoms with van der Waals surface area (Å²) >= 11 is 0. The van der Waals surface area contributed by atoms with Crippen LogP contribution >= 0.6 is 0 Å². The maximum atomic E-state index is 12.1. The highest BCUT2D eigenvalue weighted by Gasteiger charge is 2.17. The summed E-state index contributed by atoms with van der Waals surface area (Å²) in [7, 11) is 0. The second-order valence-electron chi connectivity index (χ2n) is 4.35. The van der Waals surface area contributed by atoms with Gasteiger partial charge in [0.2, 0.25) is 0 Å². The summed E-state index contributed by atoms with van der Waals surface area (Å²) in [6.07, 6.45) is 0.652. The summed E-state index contributed by atoms with van der Waals surface area (Å²) in [4.78, 5) is 24.0. The van der Waals surface area contributed by atoms with E-state index in [1.165, 1.54) is 4.90 Å². The molecule has 0 saturated heterocycles. The molecule has 6 nitrogen and oxygen atoms in total. The van der Waals surface area contributed by atoms with Crippen LogP contribution in [0, 0.1) is 18.3 Å². The third kappa shape index (κ3) is 3.99. The minimum atomic E-state index is -1.07. The first-order valence-electron chi connectivity index (χ1n) is 6.27. The number of amides is 2. The molecule has 0 bridgehead atoms. The number of carbonyl (C=O) groups excluding carboxylic acids is 1. The van der Waals surface area contributed by atoms with Crippen LogP contribution in [0.15, 0.2) is 18.2 Å². The Morgan fingerprint density at radius 1 is 1.45 bits per heavy atom. The van der Waals surface area contributed by atoms with E-state index in [-0.39, 0.29) is 6.54 Å². The smallest absolute Gasteiger partial charge is 0.323 e. The summed E-state index contributed by atoms with van der Waals surface area (Å²) in [6.45, 7) is 3.60. The molecular formula is C14H17N3O3. The Morgan fingerprint density at radius 2 is 2.15 bits per heavy atom. The molecule has 0 radical (unpaired) electrons. The number of urea groups is 1. The molecule has 0 aliphatic carbocycles. The summed E-state index contributed by atoms with van der Waals surface area (Å²) < 4.78 is 0. The van der Waals surface area contributed by atoms with Gasteiger partial charge in [-0.15, -0.1) is 0 Å². The van der Waals surface area contributed by atoms with Crippen LogP contribution < -0.4 is 5.32 Å². The molecule has 1 aromatic carbocycles. The molecule has 0 saturated carbocycles. The lowest BCUT2D eigenvalue weighted by molar-refractivity contribution is -0.137. The molecule has 0 atom stereocenters. The first-order chi connectivity index (χ1) is 9.49. The molecule has 0 fully saturated rings. The third-order valence-electron chi connectivity index (χ3n) is 2.73. The normalized spacial score (nSPS) is 9.65. The van der Waals surface area contributed by atoms with Gasteiger partial charge in [0.1, 0.15) is 12.6 Å². The number of carboxylic acids is 1. The van der Waals surface area contributed by atoms with Crippen LogP contribution in [0.1, 0.15) is 24.5 Å². The van der Waals surface area contributed by atoms with Crippen molar-refractivity contribution >= 4 is 17.7 Å². The van der Waals surface area contributed by atoms with Gasteiger partial charge in [0.05, 0.1) is 11.3 Å². The van der Waals surface area contributed by atoms with E-state index in [0.29, 0.717) is 24.2 Å². The predicted molar refractivity (Wildman–Crippen MR) is 74.4 cm³/mol. The number of benzene rings is 1. The quantitative estimate of drug-likeness (QED) is 0.861. The maximum absolute atomic E-state index is 12.1. The molecule has 1 rings (SSSR count). The van der Waals surface area contributed by atoms with E-state index in [9.17, 15) is 9.59 Å². The standard InChI is InChI=1S/C14H17N3O3/c1-3-7-17(9-13(18)19)14(20)16-12-6-4-5-10(2)11(12)8-15/h4-6H,3,7,9H2,1-2H3,(H,16,20)(H,18,19). The number of rotatable bonds is 5. The lowest BCUT2D eigenvalue weighted by Gasteiger charge is -2.21. The van der Waals surface area contributed by atoms with Crippen molar-refractivity contribution in [1.29, 1.82) is 5.26 Å².